The van der Waals surface area contributed by atoms with Gasteiger partial charge in [-0.15, -0.1) is 10.2 Å². The van der Waals surface area contributed by atoms with Gasteiger partial charge in [0.2, 0.25) is 5.91 Å². The van der Waals surface area contributed by atoms with E-state index in [0.29, 0.717) is 5.82 Å². The van der Waals surface area contributed by atoms with E-state index in [1.807, 2.05) is 60.6 Å². The van der Waals surface area contributed by atoms with E-state index in [1.54, 1.807) is 18.5 Å². The lowest BCUT2D eigenvalue weighted by Crippen LogP contribution is -2.22. The third-order valence-corrected chi connectivity index (χ3v) is 4.82. The summed E-state index contributed by atoms with van der Waals surface area (Å²) in [7, 11) is 1.97. The Kier molecular flexibility index (Phi) is 5.47. The summed E-state index contributed by atoms with van der Waals surface area (Å²) in [6.07, 6.45) is 6.63. The van der Waals surface area contributed by atoms with Crippen molar-refractivity contribution in [1.29, 1.82) is 0 Å². The summed E-state index contributed by atoms with van der Waals surface area (Å²) in [5, 5.41) is 12.3. The Morgan fingerprint density at radius 3 is 2.69 bits per heavy atom. The van der Waals surface area contributed by atoms with Gasteiger partial charge in [0.1, 0.15) is 0 Å². The molecule has 7 nitrogen and oxygen atoms in total. The second-order valence-corrected chi connectivity index (χ2v) is 6.89. The fourth-order valence-corrected chi connectivity index (χ4v) is 3.19. The van der Waals surface area contributed by atoms with Crippen molar-refractivity contribution in [3.05, 3.63) is 78.2 Å². The van der Waals surface area contributed by atoms with Crippen molar-refractivity contribution in [3.8, 4) is 0 Å². The standard InChI is InChI=1S/C22H22N6O/c1-28(13-10-16-8-11-23-12-9-16)21-7-6-20(26-27-21)25-22(29)14-17-15-24-19-5-3-2-4-18(17)19/h2-9,11-12,15,24H,10,13-14H2,1H3,(H,25,26,29). The van der Waals surface area contributed by atoms with Crippen LogP contribution in [0.5, 0.6) is 0 Å². The fourth-order valence-electron chi connectivity index (χ4n) is 3.19. The van der Waals surface area contributed by atoms with Gasteiger partial charge in [-0.2, -0.15) is 0 Å². The Bertz CT molecular complexity index is 1090. The minimum Gasteiger partial charge on any atom is -0.361 e. The minimum absolute atomic E-state index is 0.122. The number of H-pyrrole nitrogens is 1. The van der Waals surface area contributed by atoms with Crippen molar-refractivity contribution < 1.29 is 4.79 Å². The van der Waals surface area contributed by atoms with E-state index in [2.05, 4.69) is 25.5 Å². The molecular weight excluding hydrogens is 364 g/mol. The summed E-state index contributed by atoms with van der Waals surface area (Å²) in [4.78, 5) is 21.6. The highest BCUT2D eigenvalue weighted by atomic mass is 16.1. The largest absolute Gasteiger partial charge is 0.361 e. The number of rotatable bonds is 7. The first kappa shape index (κ1) is 18.6. The lowest BCUT2D eigenvalue weighted by atomic mass is 10.1. The topological polar surface area (TPSA) is 86.8 Å². The lowest BCUT2D eigenvalue weighted by Gasteiger charge is -2.17. The van der Waals surface area contributed by atoms with Gasteiger partial charge in [-0.1, -0.05) is 18.2 Å². The van der Waals surface area contributed by atoms with Gasteiger partial charge >= 0.3 is 0 Å². The number of hydrogen-bond donors (Lipinski definition) is 2. The Balaban J connectivity index is 1.33. The number of carbonyl (C=O) groups is 1. The second-order valence-electron chi connectivity index (χ2n) is 6.89. The molecule has 2 N–H and O–H groups in total. The number of aromatic nitrogens is 4. The Morgan fingerprint density at radius 2 is 1.90 bits per heavy atom. The van der Waals surface area contributed by atoms with Crippen LogP contribution in [-0.4, -0.2) is 39.7 Å². The maximum Gasteiger partial charge on any atom is 0.230 e. The number of hydrogen-bond acceptors (Lipinski definition) is 5. The molecule has 0 spiro atoms. The number of anilines is 2. The number of amides is 1. The summed E-state index contributed by atoms with van der Waals surface area (Å²) < 4.78 is 0. The Morgan fingerprint density at radius 1 is 1.07 bits per heavy atom. The van der Waals surface area contributed by atoms with Gasteiger partial charge in [0.15, 0.2) is 11.6 Å². The number of carbonyl (C=O) groups excluding carboxylic acids is 1. The molecule has 0 fully saturated rings. The van der Waals surface area contributed by atoms with E-state index < -0.39 is 0 Å². The minimum atomic E-state index is -0.122. The molecule has 4 rings (SSSR count). The predicted molar refractivity (Wildman–Crippen MR) is 114 cm³/mol. The van der Waals surface area contributed by atoms with Crippen molar-refractivity contribution >= 4 is 28.4 Å². The van der Waals surface area contributed by atoms with Crippen LogP contribution in [0.1, 0.15) is 11.1 Å². The number of likely N-dealkylation sites (N-methyl/N-ethyl adjacent to an activating group) is 1. The van der Waals surface area contributed by atoms with Crippen LogP contribution in [0.4, 0.5) is 11.6 Å². The predicted octanol–water partition coefficient (Wildman–Crippen LogP) is 3.21. The first-order chi connectivity index (χ1) is 14.2. The molecule has 0 aliphatic rings. The number of nitrogens with zero attached hydrogens (tertiary/aromatic N) is 4. The molecule has 4 aromatic rings. The van der Waals surface area contributed by atoms with Gasteiger partial charge in [0.05, 0.1) is 6.42 Å². The molecule has 146 valence electrons. The molecule has 0 bridgehead atoms. The molecule has 0 aliphatic carbocycles. The zero-order chi connectivity index (χ0) is 20.1. The number of benzene rings is 1. The second kappa shape index (κ2) is 8.52. The third kappa shape index (κ3) is 4.57. The van der Waals surface area contributed by atoms with Gasteiger partial charge in [-0.05, 0) is 47.9 Å². The Hall–Kier alpha value is -3.74. The van der Waals surface area contributed by atoms with Crippen molar-refractivity contribution in [2.75, 3.05) is 23.8 Å². The van der Waals surface area contributed by atoms with Crippen LogP contribution < -0.4 is 10.2 Å². The molecule has 0 saturated heterocycles. The number of aromatic amines is 1. The van der Waals surface area contributed by atoms with E-state index in [-0.39, 0.29) is 12.3 Å². The maximum absolute atomic E-state index is 12.4. The van der Waals surface area contributed by atoms with Crippen molar-refractivity contribution in [1.82, 2.24) is 20.2 Å². The molecule has 7 heteroatoms. The van der Waals surface area contributed by atoms with Crippen molar-refractivity contribution in [2.45, 2.75) is 12.8 Å². The van der Waals surface area contributed by atoms with Gasteiger partial charge < -0.3 is 15.2 Å². The summed E-state index contributed by atoms with van der Waals surface area (Å²) in [5.74, 6) is 1.08. The molecule has 1 aromatic carbocycles. The van der Waals surface area contributed by atoms with E-state index in [0.717, 1.165) is 35.2 Å². The molecular formula is C22H22N6O. The van der Waals surface area contributed by atoms with Crippen LogP contribution >= 0.6 is 0 Å². The van der Waals surface area contributed by atoms with Gasteiger partial charge in [0.25, 0.3) is 0 Å². The summed E-state index contributed by atoms with van der Waals surface area (Å²) in [6.45, 7) is 0.810. The van der Waals surface area contributed by atoms with Crippen LogP contribution in [0.15, 0.2) is 67.1 Å². The van der Waals surface area contributed by atoms with E-state index >= 15 is 0 Å². The molecule has 0 aliphatic heterocycles. The molecule has 0 unspecified atom stereocenters. The van der Waals surface area contributed by atoms with Crippen LogP contribution in [0.3, 0.4) is 0 Å². The molecule has 0 saturated carbocycles. The average Bonchev–Trinajstić information content (AvgIpc) is 3.16. The van der Waals surface area contributed by atoms with E-state index in [9.17, 15) is 4.79 Å². The SMILES string of the molecule is CN(CCc1ccncc1)c1ccc(NC(=O)Cc2c[nH]c3ccccc23)nn1. The zero-order valence-corrected chi connectivity index (χ0v) is 16.2. The smallest absolute Gasteiger partial charge is 0.230 e. The lowest BCUT2D eigenvalue weighted by molar-refractivity contribution is -0.115. The van der Waals surface area contributed by atoms with Gasteiger partial charge in [-0.25, -0.2) is 0 Å². The summed E-state index contributed by atoms with van der Waals surface area (Å²) in [6, 6.07) is 15.6. The van der Waals surface area contributed by atoms with E-state index in [4.69, 9.17) is 0 Å². The first-order valence-electron chi connectivity index (χ1n) is 9.47. The molecule has 3 aromatic heterocycles. The number of pyridine rings is 1. The van der Waals surface area contributed by atoms with E-state index in [1.165, 1.54) is 5.56 Å². The Labute approximate surface area is 168 Å². The highest BCUT2D eigenvalue weighted by Crippen LogP contribution is 2.18. The number of para-hydroxylation sites is 1. The van der Waals surface area contributed by atoms with Crippen molar-refractivity contribution in [2.24, 2.45) is 0 Å². The normalized spacial score (nSPS) is 10.8. The molecule has 1 amide bonds. The van der Waals surface area contributed by atoms with Crippen LogP contribution in [-0.2, 0) is 17.6 Å². The molecule has 29 heavy (non-hydrogen) atoms. The summed E-state index contributed by atoms with van der Waals surface area (Å²) in [5.41, 5.74) is 3.20. The fraction of sp³-hybridized carbons (Fsp3) is 0.182. The number of fused-ring (bicyclic) bond motifs is 1. The van der Waals surface area contributed by atoms with Crippen molar-refractivity contribution in [3.63, 3.8) is 0 Å². The molecule has 0 atom stereocenters. The third-order valence-electron chi connectivity index (χ3n) is 4.82. The average molecular weight is 386 g/mol. The van der Waals surface area contributed by atoms with Crippen LogP contribution in [0.25, 0.3) is 10.9 Å². The highest BCUT2D eigenvalue weighted by Gasteiger charge is 2.10. The van der Waals surface area contributed by atoms with Gasteiger partial charge in [0, 0.05) is 43.1 Å². The van der Waals surface area contributed by atoms with Gasteiger partial charge in [-0.3, -0.25) is 9.78 Å². The van der Waals surface area contributed by atoms with Crippen LogP contribution in [0.2, 0.25) is 0 Å². The zero-order valence-electron chi connectivity index (χ0n) is 16.2. The monoisotopic (exact) mass is 386 g/mol. The highest BCUT2D eigenvalue weighted by molar-refractivity contribution is 5.95. The summed E-state index contributed by atoms with van der Waals surface area (Å²) >= 11 is 0. The first-order valence-corrected chi connectivity index (χ1v) is 9.47. The molecule has 0 radical (unpaired) electrons. The number of nitrogens with one attached hydrogen (secondary N) is 2. The molecule has 3 heterocycles. The maximum atomic E-state index is 12.4. The quantitative estimate of drug-likeness (QED) is 0.509. The van der Waals surface area contributed by atoms with Crippen LogP contribution in [0, 0.1) is 0 Å².